The summed E-state index contributed by atoms with van der Waals surface area (Å²) in [6.45, 7) is 0.897. The maximum atomic E-state index is 13.6. The normalized spacial score (nSPS) is 19.9. The summed E-state index contributed by atoms with van der Waals surface area (Å²) in [6, 6.07) is 7.95. The molecule has 2 saturated heterocycles. The van der Waals surface area contributed by atoms with Crippen LogP contribution in [0.15, 0.2) is 41.3 Å². The van der Waals surface area contributed by atoms with Gasteiger partial charge in [-0.15, -0.1) is 0 Å². The van der Waals surface area contributed by atoms with Gasteiger partial charge >= 0.3 is 0 Å². The van der Waals surface area contributed by atoms with E-state index in [1.165, 1.54) is 4.31 Å². The minimum Gasteiger partial charge on any atom is -0.497 e. The lowest BCUT2D eigenvalue weighted by molar-refractivity contribution is -0.137. The molecular weight excluding hydrogens is 466 g/mol. The van der Waals surface area contributed by atoms with Crippen molar-refractivity contribution in [2.45, 2.75) is 36.6 Å². The highest BCUT2D eigenvalue weighted by atomic mass is 32.2. The molecule has 2 fully saturated rings. The summed E-state index contributed by atoms with van der Waals surface area (Å²) in [5.74, 6) is -1.25. The molecule has 1 amide bonds. The van der Waals surface area contributed by atoms with Crippen molar-refractivity contribution in [1.82, 2.24) is 9.21 Å². The first kappa shape index (κ1) is 24.4. The lowest BCUT2D eigenvalue weighted by Gasteiger charge is -2.34. The Balaban J connectivity index is 1.46. The minimum atomic E-state index is -3.97. The highest BCUT2D eigenvalue weighted by Gasteiger charge is 2.38. The maximum Gasteiger partial charge on any atom is 0.243 e. The van der Waals surface area contributed by atoms with E-state index in [-0.39, 0.29) is 35.9 Å². The molecule has 4 rings (SSSR count). The molecule has 2 aliphatic rings. The summed E-state index contributed by atoms with van der Waals surface area (Å²) in [4.78, 5) is 15.0. The second-order valence-electron chi connectivity index (χ2n) is 8.55. The molecule has 10 heteroatoms. The van der Waals surface area contributed by atoms with Gasteiger partial charge in [-0.05, 0) is 62.1 Å². The Morgan fingerprint density at radius 2 is 1.68 bits per heavy atom. The van der Waals surface area contributed by atoms with Crippen molar-refractivity contribution in [2.24, 2.45) is 5.92 Å². The maximum absolute atomic E-state index is 13.6. The van der Waals surface area contributed by atoms with Gasteiger partial charge in [0.05, 0.1) is 25.2 Å². The number of halogens is 2. The van der Waals surface area contributed by atoms with Crippen LogP contribution in [-0.4, -0.2) is 57.4 Å². The molecule has 0 radical (unpaired) electrons. The minimum absolute atomic E-state index is 0.00255. The molecule has 0 spiro atoms. The Kier molecular flexibility index (Phi) is 7.09. The van der Waals surface area contributed by atoms with Crippen LogP contribution in [0.25, 0.3) is 0 Å². The number of benzene rings is 2. The van der Waals surface area contributed by atoms with Gasteiger partial charge in [0, 0.05) is 31.1 Å². The van der Waals surface area contributed by atoms with Gasteiger partial charge in [0.15, 0.2) is 11.6 Å². The molecule has 0 aliphatic carbocycles. The Labute approximate surface area is 198 Å². The number of likely N-dealkylation sites (tertiary alicyclic amines) is 1. The molecule has 2 aromatic carbocycles. The zero-order valence-corrected chi connectivity index (χ0v) is 20.0. The van der Waals surface area contributed by atoms with Crippen molar-refractivity contribution in [3.8, 4) is 11.5 Å². The van der Waals surface area contributed by atoms with E-state index in [4.69, 9.17) is 9.47 Å². The third kappa shape index (κ3) is 4.61. The van der Waals surface area contributed by atoms with Gasteiger partial charge in [0.2, 0.25) is 15.9 Å². The van der Waals surface area contributed by atoms with Crippen molar-refractivity contribution in [3.05, 3.63) is 53.6 Å². The number of nitrogens with zero attached hydrogens (tertiary/aromatic N) is 2. The zero-order valence-electron chi connectivity index (χ0n) is 19.2. The molecule has 2 aromatic rings. The van der Waals surface area contributed by atoms with Crippen molar-refractivity contribution in [3.63, 3.8) is 0 Å². The van der Waals surface area contributed by atoms with Crippen LogP contribution in [0.5, 0.6) is 11.5 Å². The molecule has 34 heavy (non-hydrogen) atoms. The van der Waals surface area contributed by atoms with Gasteiger partial charge in [-0.1, -0.05) is 0 Å². The number of sulfonamides is 1. The molecular formula is C24H28F2N2O5S. The quantitative estimate of drug-likeness (QED) is 0.612. The van der Waals surface area contributed by atoms with E-state index in [0.29, 0.717) is 37.0 Å². The van der Waals surface area contributed by atoms with Gasteiger partial charge in [0.25, 0.3) is 0 Å². The number of piperidine rings is 1. The van der Waals surface area contributed by atoms with Gasteiger partial charge in [-0.3, -0.25) is 4.79 Å². The molecule has 0 saturated carbocycles. The van der Waals surface area contributed by atoms with Crippen LogP contribution < -0.4 is 9.47 Å². The molecule has 184 valence electrons. The largest absolute Gasteiger partial charge is 0.497 e. The third-order valence-corrected chi connectivity index (χ3v) is 8.56. The Bertz CT molecular complexity index is 1170. The van der Waals surface area contributed by atoms with E-state index in [9.17, 15) is 22.0 Å². The lowest BCUT2D eigenvalue weighted by Crippen LogP contribution is -2.44. The van der Waals surface area contributed by atoms with Gasteiger partial charge in [0.1, 0.15) is 11.5 Å². The van der Waals surface area contributed by atoms with E-state index in [0.717, 1.165) is 30.5 Å². The Morgan fingerprint density at radius 1 is 0.941 bits per heavy atom. The molecule has 7 nitrogen and oxygen atoms in total. The van der Waals surface area contributed by atoms with Crippen LogP contribution >= 0.6 is 0 Å². The SMILES string of the molecule is COc1ccc(OC)c([C@H]2CCCN2C(=O)C2CCN(S(=O)(=O)c3ccc(F)c(F)c3)CC2)c1. The fourth-order valence-electron chi connectivity index (χ4n) is 4.82. The molecule has 0 aromatic heterocycles. The topological polar surface area (TPSA) is 76.2 Å². The van der Waals surface area contributed by atoms with Crippen LogP contribution in [-0.2, 0) is 14.8 Å². The van der Waals surface area contributed by atoms with Crippen LogP contribution in [0.1, 0.15) is 37.3 Å². The summed E-state index contributed by atoms with van der Waals surface area (Å²) >= 11 is 0. The predicted octanol–water partition coefficient (Wildman–Crippen LogP) is 3.75. The van der Waals surface area contributed by atoms with E-state index in [1.54, 1.807) is 14.2 Å². The average molecular weight is 495 g/mol. The van der Waals surface area contributed by atoms with Gasteiger partial charge in [-0.2, -0.15) is 4.31 Å². The third-order valence-electron chi connectivity index (χ3n) is 6.66. The Morgan fingerprint density at radius 3 is 2.32 bits per heavy atom. The highest BCUT2D eigenvalue weighted by Crippen LogP contribution is 2.40. The number of carbonyl (C=O) groups excluding carboxylic acids is 1. The number of amides is 1. The highest BCUT2D eigenvalue weighted by molar-refractivity contribution is 7.89. The van der Waals surface area contributed by atoms with Crippen LogP contribution in [0.3, 0.4) is 0 Å². The van der Waals surface area contributed by atoms with Crippen LogP contribution in [0.2, 0.25) is 0 Å². The monoisotopic (exact) mass is 494 g/mol. The van der Waals surface area contributed by atoms with E-state index >= 15 is 0 Å². The molecule has 2 heterocycles. The summed E-state index contributed by atoms with van der Waals surface area (Å²) < 4.78 is 64.6. The lowest BCUT2D eigenvalue weighted by atomic mass is 9.95. The second kappa shape index (κ2) is 9.87. The van der Waals surface area contributed by atoms with Crippen LogP contribution in [0.4, 0.5) is 8.78 Å². The van der Waals surface area contributed by atoms with E-state index in [1.807, 2.05) is 23.1 Å². The van der Waals surface area contributed by atoms with Crippen LogP contribution in [0, 0.1) is 17.6 Å². The number of rotatable bonds is 6. The summed E-state index contributed by atoms with van der Waals surface area (Å²) in [6.07, 6.45) is 2.39. The first-order chi connectivity index (χ1) is 16.3. The molecule has 2 aliphatic heterocycles. The smallest absolute Gasteiger partial charge is 0.243 e. The number of ether oxygens (including phenoxy) is 2. The second-order valence-corrected chi connectivity index (χ2v) is 10.5. The fourth-order valence-corrected chi connectivity index (χ4v) is 6.30. The molecule has 0 bridgehead atoms. The Hall–Kier alpha value is -2.72. The van der Waals surface area contributed by atoms with Crippen molar-refractivity contribution in [2.75, 3.05) is 33.9 Å². The number of carbonyl (C=O) groups is 1. The van der Waals surface area contributed by atoms with Crippen molar-refractivity contribution < 1.29 is 31.5 Å². The van der Waals surface area contributed by atoms with Crippen molar-refractivity contribution >= 4 is 15.9 Å². The molecule has 1 atom stereocenters. The number of hydrogen-bond donors (Lipinski definition) is 0. The summed E-state index contributed by atoms with van der Waals surface area (Å²) in [7, 11) is -0.787. The predicted molar refractivity (Wildman–Crippen MR) is 121 cm³/mol. The summed E-state index contributed by atoms with van der Waals surface area (Å²) in [5.41, 5.74) is 0.894. The average Bonchev–Trinajstić information content (AvgIpc) is 3.34. The number of methoxy groups -OCH3 is 2. The first-order valence-electron chi connectivity index (χ1n) is 11.2. The molecule has 0 unspecified atom stereocenters. The van der Waals surface area contributed by atoms with Gasteiger partial charge in [-0.25, -0.2) is 17.2 Å². The summed E-state index contributed by atoms with van der Waals surface area (Å²) in [5, 5.41) is 0. The zero-order chi connectivity index (χ0) is 24.5. The first-order valence-corrected chi connectivity index (χ1v) is 12.7. The fraction of sp³-hybridized carbons (Fsp3) is 0.458. The van der Waals surface area contributed by atoms with Crippen molar-refractivity contribution in [1.29, 1.82) is 0 Å². The number of hydrogen-bond acceptors (Lipinski definition) is 5. The molecule has 0 N–H and O–H groups in total. The van der Waals surface area contributed by atoms with E-state index in [2.05, 4.69) is 0 Å². The van der Waals surface area contributed by atoms with E-state index < -0.39 is 21.7 Å². The van der Waals surface area contributed by atoms with Gasteiger partial charge < -0.3 is 14.4 Å². The standard InChI is InChI=1S/C24H28F2N2O5S/c1-32-17-5-8-23(33-2)19(14-17)22-4-3-11-28(22)24(29)16-9-12-27(13-10-16)34(30,31)18-6-7-20(25)21(26)15-18/h5-8,14-16,22H,3-4,9-13H2,1-2H3/t22-/m1/s1.